The SMILES string of the molecule is c1ccc(-c2ccc(-c3nc(-c4ccccc4)nc(-c4ccc(-c5ccc(-c6cccc(-c7ncnc8c7sc7nc9ccccc9cc78)c6)cc5)cc4)n3)cc2)cc1. The summed E-state index contributed by atoms with van der Waals surface area (Å²) in [6, 6.07) is 65.0. The minimum atomic E-state index is 0.629. The first-order valence-corrected chi connectivity index (χ1v) is 20.2. The molecular weight excluding hydrogens is 741 g/mol. The van der Waals surface area contributed by atoms with Crippen molar-refractivity contribution in [2.75, 3.05) is 0 Å². The van der Waals surface area contributed by atoms with Crippen molar-refractivity contribution >= 4 is 42.7 Å². The van der Waals surface area contributed by atoms with E-state index in [9.17, 15) is 0 Å². The van der Waals surface area contributed by atoms with E-state index in [-0.39, 0.29) is 0 Å². The highest BCUT2D eigenvalue weighted by atomic mass is 32.1. The van der Waals surface area contributed by atoms with Crippen LogP contribution >= 0.6 is 11.3 Å². The monoisotopic (exact) mass is 772 g/mol. The maximum absolute atomic E-state index is 4.98. The largest absolute Gasteiger partial charge is 0.237 e. The highest BCUT2D eigenvalue weighted by molar-refractivity contribution is 7.25. The Bertz CT molecular complexity index is 3290. The second-order valence-corrected chi connectivity index (χ2v) is 15.4. The normalized spacial score (nSPS) is 11.4. The summed E-state index contributed by atoms with van der Waals surface area (Å²) >= 11 is 1.65. The highest BCUT2D eigenvalue weighted by Gasteiger charge is 2.16. The van der Waals surface area contributed by atoms with E-state index in [1.165, 1.54) is 5.56 Å². The van der Waals surface area contributed by atoms with Gasteiger partial charge in [0, 0.05) is 33.0 Å². The molecule has 59 heavy (non-hydrogen) atoms. The molecule has 0 saturated heterocycles. The number of nitrogens with zero attached hydrogens (tertiary/aromatic N) is 6. The van der Waals surface area contributed by atoms with Gasteiger partial charge in [-0.1, -0.05) is 170 Å². The maximum Gasteiger partial charge on any atom is 0.164 e. The molecule has 0 atom stereocenters. The van der Waals surface area contributed by atoms with Crippen LogP contribution in [0.25, 0.3) is 110 Å². The lowest BCUT2D eigenvalue weighted by Crippen LogP contribution is -2.00. The van der Waals surface area contributed by atoms with Gasteiger partial charge in [0.05, 0.1) is 21.4 Å². The van der Waals surface area contributed by atoms with Gasteiger partial charge in [-0.25, -0.2) is 29.9 Å². The quantitative estimate of drug-likeness (QED) is 0.161. The van der Waals surface area contributed by atoms with E-state index in [2.05, 4.69) is 140 Å². The van der Waals surface area contributed by atoms with E-state index in [0.717, 1.165) is 87.1 Å². The Hall–Kier alpha value is -7.74. The van der Waals surface area contributed by atoms with Crippen molar-refractivity contribution < 1.29 is 0 Å². The van der Waals surface area contributed by atoms with Crippen LogP contribution in [0.2, 0.25) is 0 Å². The molecule has 0 saturated carbocycles. The Labute approximate surface area is 344 Å². The summed E-state index contributed by atoms with van der Waals surface area (Å²) in [5.74, 6) is 1.90. The van der Waals surface area contributed by atoms with E-state index in [1.807, 2.05) is 48.5 Å². The molecule has 0 N–H and O–H groups in total. The van der Waals surface area contributed by atoms with Gasteiger partial charge in [0.15, 0.2) is 17.5 Å². The fraction of sp³-hybridized carbons (Fsp3) is 0. The first-order valence-electron chi connectivity index (χ1n) is 19.4. The lowest BCUT2D eigenvalue weighted by molar-refractivity contribution is 1.07. The summed E-state index contributed by atoms with van der Waals surface area (Å²) in [5.41, 5.74) is 13.5. The topological polar surface area (TPSA) is 77.3 Å². The van der Waals surface area contributed by atoms with Gasteiger partial charge in [-0.2, -0.15) is 0 Å². The molecule has 4 heterocycles. The lowest BCUT2D eigenvalue weighted by Gasteiger charge is -2.10. The van der Waals surface area contributed by atoms with E-state index in [0.29, 0.717) is 17.5 Å². The second kappa shape index (κ2) is 14.6. The number of pyridine rings is 1. The first-order chi connectivity index (χ1) is 29.2. The standard InChI is InChI=1S/C52H32N6S/c1-3-10-33(11-4-1)34-22-26-39(27-23-34)50-56-49(38-12-5-2-6-13-38)57-51(58-50)40-28-24-36(25-29-40)35-18-20-37(21-19-35)41-15-9-16-43(30-41)46-48-47(54-32-53-46)44-31-42-14-7-8-17-45(42)55-52(44)59-48/h1-32H. The number of hydrogen-bond acceptors (Lipinski definition) is 7. The van der Waals surface area contributed by atoms with Gasteiger partial charge in [0.25, 0.3) is 0 Å². The molecule has 11 aromatic rings. The van der Waals surface area contributed by atoms with Crippen molar-refractivity contribution in [1.82, 2.24) is 29.9 Å². The Balaban J connectivity index is 0.878. The van der Waals surface area contributed by atoms with E-state index in [1.54, 1.807) is 17.7 Å². The van der Waals surface area contributed by atoms with Crippen molar-refractivity contribution in [2.24, 2.45) is 0 Å². The van der Waals surface area contributed by atoms with Crippen molar-refractivity contribution in [1.29, 1.82) is 0 Å². The number of aromatic nitrogens is 6. The minimum Gasteiger partial charge on any atom is -0.237 e. The van der Waals surface area contributed by atoms with Gasteiger partial charge in [-0.05, 0) is 51.6 Å². The molecule has 7 heteroatoms. The summed E-state index contributed by atoms with van der Waals surface area (Å²) in [5, 5.41) is 2.17. The van der Waals surface area contributed by atoms with Crippen molar-refractivity contribution in [3.05, 3.63) is 194 Å². The van der Waals surface area contributed by atoms with E-state index >= 15 is 0 Å². The third kappa shape index (κ3) is 6.59. The van der Waals surface area contributed by atoms with Crippen LogP contribution < -0.4 is 0 Å². The number of para-hydroxylation sites is 1. The molecular formula is C52H32N6S. The van der Waals surface area contributed by atoms with Crippen molar-refractivity contribution in [2.45, 2.75) is 0 Å². The number of thiophene rings is 1. The van der Waals surface area contributed by atoms with Gasteiger partial charge in [0.2, 0.25) is 0 Å². The average Bonchev–Trinajstić information content (AvgIpc) is 3.69. The van der Waals surface area contributed by atoms with Gasteiger partial charge >= 0.3 is 0 Å². The van der Waals surface area contributed by atoms with Crippen LogP contribution in [-0.2, 0) is 0 Å². The lowest BCUT2D eigenvalue weighted by atomic mass is 9.98. The average molecular weight is 773 g/mol. The molecule has 0 aliphatic heterocycles. The van der Waals surface area contributed by atoms with Gasteiger partial charge in [0.1, 0.15) is 11.2 Å². The molecule has 4 aromatic heterocycles. The fourth-order valence-corrected chi connectivity index (χ4v) is 8.75. The van der Waals surface area contributed by atoms with Crippen LogP contribution in [0.3, 0.4) is 0 Å². The smallest absolute Gasteiger partial charge is 0.164 e. The third-order valence-corrected chi connectivity index (χ3v) is 11.8. The summed E-state index contributed by atoms with van der Waals surface area (Å²) in [7, 11) is 0. The fourth-order valence-electron chi connectivity index (χ4n) is 7.62. The molecule has 0 fully saturated rings. The number of benzene rings is 7. The zero-order chi connectivity index (χ0) is 39.1. The second-order valence-electron chi connectivity index (χ2n) is 14.4. The summed E-state index contributed by atoms with van der Waals surface area (Å²) in [6.45, 7) is 0. The molecule has 11 rings (SSSR count). The van der Waals surface area contributed by atoms with Gasteiger partial charge in [-0.3, -0.25) is 0 Å². The molecule has 0 aliphatic rings. The number of hydrogen-bond donors (Lipinski definition) is 0. The minimum absolute atomic E-state index is 0.629. The molecule has 0 amide bonds. The van der Waals surface area contributed by atoms with Crippen LogP contribution in [0.1, 0.15) is 0 Å². The molecule has 0 bridgehead atoms. The first kappa shape index (κ1) is 34.5. The predicted octanol–water partition coefficient (Wildman–Crippen LogP) is 13.2. The molecule has 6 nitrogen and oxygen atoms in total. The third-order valence-electron chi connectivity index (χ3n) is 10.7. The number of fused-ring (bicyclic) bond motifs is 4. The Morgan fingerprint density at radius 1 is 0.339 bits per heavy atom. The van der Waals surface area contributed by atoms with Crippen LogP contribution in [0.15, 0.2) is 194 Å². The highest BCUT2D eigenvalue weighted by Crippen LogP contribution is 2.39. The number of rotatable bonds is 7. The summed E-state index contributed by atoms with van der Waals surface area (Å²) in [4.78, 5) is 30.2. The van der Waals surface area contributed by atoms with Crippen LogP contribution in [0.5, 0.6) is 0 Å². The Morgan fingerprint density at radius 2 is 0.797 bits per heavy atom. The zero-order valence-electron chi connectivity index (χ0n) is 31.6. The Kier molecular flexibility index (Phi) is 8.56. The van der Waals surface area contributed by atoms with Crippen LogP contribution in [0, 0.1) is 0 Å². The molecule has 0 spiro atoms. The summed E-state index contributed by atoms with van der Waals surface area (Å²) < 4.78 is 1.04. The van der Waals surface area contributed by atoms with Gasteiger partial charge in [-0.15, -0.1) is 11.3 Å². The molecule has 0 radical (unpaired) electrons. The zero-order valence-corrected chi connectivity index (χ0v) is 32.4. The molecule has 7 aromatic carbocycles. The Morgan fingerprint density at radius 3 is 1.41 bits per heavy atom. The van der Waals surface area contributed by atoms with E-state index < -0.39 is 0 Å². The van der Waals surface area contributed by atoms with E-state index in [4.69, 9.17) is 29.9 Å². The van der Waals surface area contributed by atoms with Crippen molar-refractivity contribution in [3.63, 3.8) is 0 Å². The van der Waals surface area contributed by atoms with Gasteiger partial charge < -0.3 is 0 Å². The molecule has 0 unspecified atom stereocenters. The summed E-state index contributed by atoms with van der Waals surface area (Å²) in [6.07, 6.45) is 1.67. The van der Waals surface area contributed by atoms with Crippen LogP contribution in [-0.4, -0.2) is 29.9 Å². The maximum atomic E-state index is 4.98. The predicted molar refractivity (Wildman–Crippen MR) is 242 cm³/mol. The van der Waals surface area contributed by atoms with Crippen molar-refractivity contribution in [3.8, 4) is 78.8 Å². The van der Waals surface area contributed by atoms with Crippen LogP contribution in [0.4, 0.5) is 0 Å². The molecule has 0 aliphatic carbocycles. The molecule has 276 valence electrons.